The number of hydrogen-bond acceptors (Lipinski definition) is 3. The molecule has 1 aliphatic rings. The Hall–Kier alpha value is -2.17. The molecule has 3 rings (SSSR count). The number of nitrogens with zero attached hydrogens (tertiary/aromatic N) is 1. The van der Waals surface area contributed by atoms with Gasteiger partial charge in [-0.15, -0.1) is 0 Å². The van der Waals surface area contributed by atoms with Crippen LogP contribution < -0.4 is 10.6 Å². The van der Waals surface area contributed by atoms with Crippen LogP contribution in [-0.2, 0) is 4.79 Å². The largest absolute Gasteiger partial charge is 0.315 e. The number of benzene rings is 2. The molecule has 2 aromatic rings. The van der Waals surface area contributed by atoms with Crippen LogP contribution >= 0.6 is 0 Å². The van der Waals surface area contributed by atoms with Gasteiger partial charge in [-0.05, 0) is 44.4 Å². The molecule has 2 aromatic carbocycles. The molecule has 0 aromatic heterocycles. The fourth-order valence-corrected chi connectivity index (χ4v) is 4.27. The van der Waals surface area contributed by atoms with Crippen molar-refractivity contribution in [2.24, 2.45) is 0 Å². The van der Waals surface area contributed by atoms with Gasteiger partial charge < -0.3 is 10.2 Å². The Balaban J connectivity index is 1.79. The Labute approximate surface area is 175 Å². The zero-order valence-corrected chi connectivity index (χ0v) is 18.2. The first-order valence-electron chi connectivity index (χ1n) is 10.8. The van der Waals surface area contributed by atoms with E-state index in [0.29, 0.717) is 6.04 Å². The van der Waals surface area contributed by atoms with E-state index in [2.05, 4.69) is 67.5 Å². The zero-order valence-electron chi connectivity index (χ0n) is 18.2. The predicted octanol–water partition coefficient (Wildman–Crippen LogP) is 4.48. The highest BCUT2D eigenvalue weighted by atomic mass is 16.2. The molecule has 0 saturated carbocycles. The summed E-state index contributed by atoms with van der Waals surface area (Å²) >= 11 is 0. The normalized spacial score (nSPS) is 18.8. The van der Waals surface area contributed by atoms with Crippen molar-refractivity contribution in [3.05, 3.63) is 71.8 Å². The van der Waals surface area contributed by atoms with Crippen molar-refractivity contribution in [3.8, 4) is 0 Å². The highest BCUT2D eigenvalue weighted by Crippen LogP contribution is 2.37. The van der Waals surface area contributed by atoms with Gasteiger partial charge in [-0.3, -0.25) is 10.1 Å². The summed E-state index contributed by atoms with van der Waals surface area (Å²) in [6.45, 7) is 9.56. The average Bonchev–Trinajstić information content (AvgIpc) is 2.93. The smallest absolute Gasteiger partial charge is 0.242 e. The van der Waals surface area contributed by atoms with Gasteiger partial charge in [0.1, 0.15) is 0 Å². The van der Waals surface area contributed by atoms with Crippen LogP contribution in [0, 0.1) is 0 Å². The Morgan fingerprint density at radius 1 is 0.966 bits per heavy atom. The van der Waals surface area contributed by atoms with E-state index in [1.165, 1.54) is 0 Å². The third kappa shape index (κ3) is 5.26. The minimum absolute atomic E-state index is 0.0972. The van der Waals surface area contributed by atoms with E-state index in [4.69, 9.17) is 0 Å². The third-order valence-electron chi connectivity index (χ3n) is 5.63. The van der Waals surface area contributed by atoms with Gasteiger partial charge in [0.2, 0.25) is 5.91 Å². The van der Waals surface area contributed by atoms with Gasteiger partial charge in [0, 0.05) is 6.04 Å². The molecule has 4 nitrogen and oxygen atoms in total. The molecule has 156 valence electrons. The zero-order chi connectivity index (χ0) is 20.9. The number of carbonyl (C=O) groups excluding carboxylic acids is 1. The van der Waals surface area contributed by atoms with Gasteiger partial charge in [-0.2, -0.15) is 0 Å². The number of nitrogens with one attached hydrogen (secondary N) is 2. The van der Waals surface area contributed by atoms with E-state index in [1.807, 2.05) is 36.4 Å². The molecule has 1 atom stereocenters. The van der Waals surface area contributed by atoms with E-state index in [0.717, 1.165) is 36.9 Å². The van der Waals surface area contributed by atoms with E-state index in [1.54, 1.807) is 0 Å². The van der Waals surface area contributed by atoms with Gasteiger partial charge >= 0.3 is 0 Å². The summed E-state index contributed by atoms with van der Waals surface area (Å²) in [6.07, 6.45) is 2.99. The molecule has 2 N–H and O–H groups in total. The topological polar surface area (TPSA) is 44.4 Å². The molecule has 0 spiro atoms. The maximum atomic E-state index is 13.5. The Morgan fingerprint density at radius 3 is 2.03 bits per heavy atom. The van der Waals surface area contributed by atoms with Gasteiger partial charge in [0.25, 0.3) is 0 Å². The highest BCUT2D eigenvalue weighted by molar-refractivity contribution is 5.86. The second-order valence-corrected chi connectivity index (χ2v) is 8.79. The molecule has 1 amide bonds. The third-order valence-corrected chi connectivity index (χ3v) is 5.63. The lowest BCUT2D eigenvalue weighted by atomic mass is 9.95. The second kappa shape index (κ2) is 9.55. The van der Waals surface area contributed by atoms with Crippen LogP contribution in [0.15, 0.2) is 60.7 Å². The number of carbonyl (C=O) groups is 1. The second-order valence-electron chi connectivity index (χ2n) is 8.79. The van der Waals surface area contributed by atoms with Crippen LogP contribution in [0.4, 0.5) is 0 Å². The summed E-state index contributed by atoms with van der Waals surface area (Å²) in [6, 6.07) is 21.0. The van der Waals surface area contributed by atoms with Crippen LogP contribution in [0.25, 0.3) is 0 Å². The minimum atomic E-state index is -0.408. The number of amides is 1. The molecule has 0 radical (unpaired) electrons. The SMILES string of the molecule is CC(C)NCCCCC1NC(C)(C)N(C(c2ccccc2)c2ccccc2)C1=O. The van der Waals surface area contributed by atoms with Crippen LogP contribution in [0.3, 0.4) is 0 Å². The summed E-state index contributed by atoms with van der Waals surface area (Å²) in [5.41, 5.74) is 1.88. The summed E-state index contributed by atoms with van der Waals surface area (Å²) in [4.78, 5) is 15.6. The van der Waals surface area contributed by atoms with E-state index in [9.17, 15) is 4.79 Å². The quantitative estimate of drug-likeness (QED) is 0.618. The summed E-state index contributed by atoms with van der Waals surface area (Å²) in [5.74, 6) is 0.199. The van der Waals surface area contributed by atoms with Gasteiger partial charge in [-0.25, -0.2) is 0 Å². The summed E-state index contributed by atoms with van der Waals surface area (Å²) < 4.78 is 0. The first-order valence-corrected chi connectivity index (χ1v) is 10.8. The van der Waals surface area contributed by atoms with Crippen LogP contribution in [0.5, 0.6) is 0 Å². The molecular weight excluding hydrogens is 358 g/mol. The number of rotatable bonds is 9. The lowest BCUT2D eigenvalue weighted by Gasteiger charge is -2.38. The first kappa shape index (κ1) is 21.5. The molecule has 0 aliphatic carbocycles. The maximum Gasteiger partial charge on any atom is 0.242 e. The van der Waals surface area contributed by atoms with Gasteiger partial charge in [0.05, 0.1) is 17.7 Å². The molecular formula is C25H35N3O. The van der Waals surface area contributed by atoms with E-state index < -0.39 is 5.66 Å². The van der Waals surface area contributed by atoms with Crippen molar-refractivity contribution >= 4 is 5.91 Å². The molecule has 1 aliphatic heterocycles. The molecule has 1 heterocycles. The lowest BCUT2D eigenvalue weighted by molar-refractivity contribution is -0.133. The van der Waals surface area contributed by atoms with Crippen molar-refractivity contribution in [3.63, 3.8) is 0 Å². The van der Waals surface area contributed by atoms with Crippen LogP contribution in [-0.4, -0.2) is 35.1 Å². The molecule has 4 heteroatoms. The molecule has 1 saturated heterocycles. The molecule has 29 heavy (non-hydrogen) atoms. The predicted molar refractivity (Wildman–Crippen MR) is 120 cm³/mol. The molecule has 0 bridgehead atoms. The fraction of sp³-hybridized carbons (Fsp3) is 0.480. The fourth-order valence-electron chi connectivity index (χ4n) is 4.27. The molecule has 1 fully saturated rings. The molecule has 1 unspecified atom stereocenters. The summed E-state index contributed by atoms with van der Waals surface area (Å²) in [5, 5.41) is 7.06. The Kier molecular flexibility index (Phi) is 7.09. The van der Waals surface area contributed by atoms with Gasteiger partial charge in [0.15, 0.2) is 0 Å². The van der Waals surface area contributed by atoms with Crippen molar-refractivity contribution in [2.45, 2.75) is 70.7 Å². The van der Waals surface area contributed by atoms with Crippen LogP contribution in [0.2, 0.25) is 0 Å². The first-order chi connectivity index (χ1) is 13.9. The van der Waals surface area contributed by atoms with Crippen LogP contribution in [0.1, 0.15) is 64.1 Å². The van der Waals surface area contributed by atoms with E-state index in [-0.39, 0.29) is 18.0 Å². The Bertz CT molecular complexity index is 734. The van der Waals surface area contributed by atoms with Gasteiger partial charge in [-0.1, -0.05) is 80.9 Å². The van der Waals surface area contributed by atoms with Crippen molar-refractivity contribution in [1.29, 1.82) is 0 Å². The van der Waals surface area contributed by atoms with Crippen molar-refractivity contribution < 1.29 is 4.79 Å². The van der Waals surface area contributed by atoms with E-state index >= 15 is 0 Å². The highest BCUT2D eigenvalue weighted by Gasteiger charge is 2.47. The lowest BCUT2D eigenvalue weighted by Crippen LogP contribution is -2.49. The Morgan fingerprint density at radius 2 is 1.52 bits per heavy atom. The number of unbranched alkanes of at least 4 members (excludes halogenated alkanes) is 1. The summed E-state index contributed by atoms with van der Waals surface area (Å²) in [7, 11) is 0. The number of hydrogen-bond donors (Lipinski definition) is 2. The minimum Gasteiger partial charge on any atom is -0.315 e. The average molecular weight is 394 g/mol. The monoisotopic (exact) mass is 393 g/mol. The van der Waals surface area contributed by atoms with Crippen molar-refractivity contribution in [2.75, 3.05) is 6.54 Å². The standard InChI is InChI=1S/C25H35N3O/c1-19(2)26-18-12-11-17-22-24(29)28(25(3,4)27-22)23(20-13-7-5-8-14-20)21-15-9-6-10-16-21/h5-10,13-16,19,22-23,26-27H,11-12,17-18H2,1-4H3. The van der Waals surface area contributed by atoms with Crippen molar-refractivity contribution in [1.82, 2.24) is 15.5 Å². The maximum absolute atomic E-state index is 13.5.